The average molecular weight is 313 g/mol. The van der Waals surface area contributed by atoms with Crippen LogP contribution in [0.1, 0.15) is 13.8 Å². The molecule has 2 heterocycles. The van der Waals surface area contributed by atoms with Gasteiger partial charge in [0.2, 0.25) is 0 Å². The number of hydrogen-bond acceptors (Lipinski definition) is 5. The average Bonchev–Trinajstić information content (AvgIpc) is 2.49. The molecule has 0 atom stereocenters. The summed E-state index contributed by atoms with van der Waals surface area (Å²) in [7, 11) is -3.33. The van der Waals surface area contributed by atoms with E-state index in [1.165, 1.54) is 4.31 Å². The van der Waals surface area contributed by atoms with Crippen molar-refractivity contribution in [1.82, 2.24) is 13.6 Å². The molecule has 21 heavy (non-hydrogen) atoms. The predicted octanol–water partition coefficient (Wildman–Crippen LogP) is 0.372. The van der Waals surface area contributed by atoms with Crippen LogP contribution in [0.15, 0.2) is 18.3 Å². The Labute approximate surface area is 126 Å². The molecule has 0 amide bonds. The maximum atomic E-state index is 12.4. The molecule has 1 aromatic heterocycles. The number of rotatable bonds is 5. The molecule has 2 N–H and O–H groups in total. The van der Waals surface area contributed by atoms with Crippen LogP contribution in [-0.4, -0.2) is 61.3 Å². The highest BCUT2D eigenvalue weighted by atomic mass is 32.2. The molecule has 0 unspecified atom stereocenters. The van der Waals surface area contributed by atoms with Crippen LogP contribution in [0.25, 0.3) is 0 Å². The number of piperazine rings is 1. The fourth-order valence-electron chi connectivity index (χ4n) is 2.47. The molecular weight excluding hydrogens is 290 g/mol. The van der Waals surface area contributed by atoms with Crippen molar-refractivity contribution in [2.24, 2.45) is 0 Å². The van der Waals surface area contributed by atoms with Gasteiger partial charge in [0.05, 0.1) is 11.9 Å². The van der Waals surface area contributed by atoms with Crippen LogP contribution in [0.2, 0.25) is 0 Å². The zero-order chi connectivity index (χ0) is 15.5. The summed E-state index contributed by atoms with van der Waals surface area (Å²) in [6.45, 7) is 7.02. The number of anilines is 2. The molecule has 1 aliphatic rings. The number of hydrogen-bond donors (Lipinski definition) is 1. The Morgan fingerprint density at radius 3 is 2.29 bits per heavy atom. The summed E-state index contributed by atoms with van der Waals surface area (Å²) in [4.78, 5) is 6.20. The molecule has 8 heteroatoms. The third-order valence-corrected chi connectivity index (χ3v) is 5.92. The standard InChI is InChI=1S/C13H23N5O2S/c1-3-17(4-2)21(19,20)18-9-7-16(8-10-18)12-5-6-13(14)15-11-12/h5-6,11H,3-4,7-10H2,1-2H3,(H2,14,15). The van der Waals surface area contributed by atoms with Crippen molar-refractivity contribution in [1.29, 1.82) is 0 Å². The van der Waals surface area contributed by atoms with E-state index in [0.717, 1.165) is 5.69 Å². The first-order chi connectivity index (χ1) is 9.98. The van der Waals surface area contributed by atoms with Gasteiger partial charge in [-0.25, -0.2) is 4.98 Å². The molecule has 1 aliphatic heterocycles. The summed E-state index contributed by atoms with van der Waals surface area (Å²) < 4.78 is 27.9. The zero-order valence-corrected chi connectivity index (χ0v) is 13.4. The van der Waals surface area contributed by atoms with Crippen LogP contribution in [0.5, 0.6) is 0 Å². The molecule has 0 radical (unpaired) electrons. The minimum atomic E-state index is -3.33. The van der Waals surface area contributed by atoms with Gasteiger partial charge >= 0.3 is 0 Å². The van der Waals surface area contributed by atoms with Crippen molar-refractivity contribution < 1.29 is 8.42 Å². The molecule has 0 saturated carbocycles. The summed E-state index contributed by atoms with van der Waals surface area (Å²) in [5.41, 5.74) is 6.55. The van der Waals surface area contributed by atoms with Gasteiger partial charge in [-0.2, -0.15) is 17.0 Å². The second-order valence-electron chi connectivity index (χ2n) is 4.92. The van der Waals surface area contributed by atoms with Crippen LogP contribution in [0, 0.1) is 0 Å². The van der Waals surface area contributed by atoms with Gasteiger partial charge < -0.3 is 10.6 Å². The van der Waals surface area contributed by atoms with Gasteiger partial charge in [0.25, 0.3) is 10.2 Å². The second-order valence-corrected chi connectivity index (χ2v) is 6.85. The van der Waals surface area contributed by atoms with Crippen LogP contribution >= 0.6 is 0 Å². The number of nitrogens with zero attached hydrogens (tertiary/aromatic N) is 4. The van der Waals surface area contributed by atoms with Crippen molar-refractivity contribution in [3.8, 4) is 0 Å². The predicted molar refractivity (Wildman–Crippen MR) is 84.3 cm³/mol. The molecule has 1 fully saturated rings. The summed E-state index contributed by atoms with van der Waals surface area (Å²) in [5.74, 6) is 0.487. The van der Waals surface area contributed by atoms with Gasteiger partial charge in [0.15, 0.2) is 0 Å². The lowest BCUT2D eigenvalue weighted by Gasteiger charge is -2.37. The monoisotopic (exact) mass is 313 g/mol. The highest BCUT2D eigenvalue weighted by Gasteiger charge is 2.30. The van der Waals surface area contributed by atoms with Crippen molar-refractivity contribution in [2.45, 2.75) is 13.8 Å². The van der Waals surface area contributed by atoms with Gasteiger partial charge in [0.1, 0.15) is 5.82 Å². The summed E-state index contributed by atoms with van der Waals surface area (Å²) in [6.07, 6.45) is 1.73. The number of nitrogen functional groups attached to an aromatic ring is 1. The lowest BCUT2D eigenvalue weighted by molar-refractivity contribution is 0.334. The lowest BCUT2D eigenvalue weighted by Crippen LogP contribution is -2.53. The maximum Gasteiger partial charge on any atom is 0.282 e. The Morgan fingerprint density at radius 2 is 1.81 bits per heavy atom. The van der Waals surface area contributed by atoms with Gasteiger partial charge in [0, 0.05) is 39.3 Å². The number of nitrogens with two attached hydrogens (primary N) is 1. The first-order valence-corrected chi connectivity index (χ1v) is 8.60. The van der Waals surface area contributed by atoms with Crippen LogP contribution in [0.4, 0.5) is 11.5 Å². The van der Waals surface area contributed by atoms with Crippen LogP contribution in [0.3, 0.4) is 0 Å². The van der Waals surface area contributed by atoms with Crippen molar-refractivity contribution >= 4 is 21.7 Å². The minimum Gasteiger partial charge on any atom is -0.384 e. The molecule has 2 rings (SSSR count). The Bertz CT molecular complexity index is 548. The normalized spacial score (nSPS) is 17.4. The van der Waals surface area contributed by atoms with E-state index in [4.69, 9.17) is 5.73 Å². The van der Waals surface area contributed by atoms with Crippen molar-refractivity contribution in [3.63, 3.8) is 0 Å². The SMILES string of the molecule is CCN(CC)S(=O)(=O)N1CCN(c2ccc(N)nc2)CC1. The van der Waals surface area contributed by atoms with E-state index in [2.05, 4.69) is 9.88 Å². The lowest BCUT2D eigenvalue weighted by atomic mass is 10.3. The van der Waals surface area contributed by atoms with E-state index in [9.17, 15) is 8.42 Å². The minimum absolute atomic E-state index is 0.487. The Hall–Kier alpha value is -1.38. The van der Waals surface area contributed by atoms with Gasteiger partial charge in [-0.15, -0.1) is 0 Å². The first kappa shape index (κ1) is 16.0. The second kappa shape index (κ2) is 6.59. The molecule has 1 saturated heterocycles. The molecule has 0 spiro atoms. The Balaban J connectivity index is 2.01. The van der Waals surface area contributed by atoms with E-state index >= 15 is 0 Å². The molecular formula is C13H23N5O2S. The van der Waals surface area contributed by atoms with Crippen molar-refractivity contribution in [2.75, 3.05) is 49.9 Å². The molecule has 1 aromatic rings. The van der Waals surface area contributed by atoms with E-state index in [1.807, 2.05) is 19.9 Å². The van der Waals surface area contributed by atoms with Crippen LogP contribution < -0.4 is 10.6 Å². The van der Waals surface area contributed by atoms with Gasteiger partial charge in [-0.3, -0.25) is 0 Å². The topological polar surface area (TPSA) is 82.8 Å². The third-order valence-electron chi connectivity index (χ3n) is 3.73. The highest BCUT2D eigenvalue weighted by molar-refractivity contribution is 7.86. The summed E-state index contributed by atoms with van der Waals surface area (Å²) in [6, 6.07) is 3.67. The first-order valence-electron chi connectivity index (χ1n) is 7.20. The van der Waals surface area contributed by atoms with E-state index in [0.29, 0.717) is 45.1 Å². The van der Waals surface area contributed by atoms with E-state index < -0.39 is 10.2 Å². The molecule has 0 aromatic carbocycles. The Kier molecular flexibility index (Phi) is 5.02. The van der Waals surface area contributed by atoms with Crippen molar-refractivity contribution in [3.05, 3.63) is 18.3 Å². The number of aromatic nitrogens is 1. The Morgan fingerprint density at radius 1 is 1.19 bits per heavy atom. The third kappa shape index (κ3) is 3.45. The largest absolute Gasteiger partial charge is 0.384 e. The smallest absolute Gasteiger partial charge is 0.282 e. The quantitative estimate of drug-likeness (QED) is 0.849. The fourth-order valence-corrected chi connectivity index (χ4v) is 4.08. The van der Waals surface area contributed by atoms with Crippen LogP contribution in [-0.2, 0) is 10.2 Å². The summed E-state index contributed by atoms with van der Waals surface area (Å²) >= 11 is 0. The molecule has 7 nitrogen and oxygen atoms in total. The number of pyridine rings is 1. The fraction of sp³-hybridized carbons (Fsp3) is 0.615. The molecule has 118 valence electrons. The zero-order valence-electron chi connectivity index (χ0n) is 12.6. The summed E-state index contributed by atoms with van der Waals surface area (Å²) in [5, 5.41) is 0. The molecule has 0 aliphatic carbocycles. The highest BCUT2D eigenvalue weighted by Crippen LogP contribution is 2.18. The van der Waals surface area contributed by atoms with Gasteiger partial charge in [-0.05, 0) is 12.1 Å². The van der Waals surface area contributed by atoms with E-state index in [1.54, 1.807) is 16.6 Å². The maximum absolute atomic E-state index is 12.4. The molecule has 0 bridgehead atoms. The van der Waals surface area contributed by atoms with Gasteiger partial charge in [-0.1, -0.05) is 13.8 Å². The van der Waals surface area contributed by atoms with E-state index in [-0.39, 0.29) is 0 Å².